The quantitative estimate of drug-likeness (QED) is 0.717. The molecule has 3 atom stereocenters. The molecule has 2 fully saturated rings. The fourth-order valence-corrected chi connectivity index (χ4v) is 3.79. The molecule has 1 heterocycles. The van der Waals surface area contributed by atoms with Gasteiger partial charge < -0.3 is 15.0 Å². The van der Waals surface area contributed by atoms with E-state index in [-0.39, 0.29) is 30.3 Å². The normalized spacial score (nSPS) is 20.5. The zero-order valence-corrected chi connectivity index (χ0v) is 17.0. The molecular weight excluding hydrogens is 380 g/mol. The third-order valence-corrected chi connectivity index (χ3v) is 5.74. The molecule has 156 valence electrons. The Hall–Kier alpha value is -3.15. The van der Waals surface area contributed by atoms with E-state index in [4.69, 9.17) is 4.74 Å². The van der Waals surface area contributed by atoms with Gasteiger partial charge in [0.05, 0.1) is 12.0 Å². The summed E-state index contributed by atoms with van der Waals surface area (Å²) in [6.07, 6.45) is 0.992. The van der Waals surface area contributed by atoms with Crippen molar-refractivity contribution >= 4 is 17.8 Å². The zero-order valence-electron chi connectivity index (χ0n) is 17.0. The Bertz CT molecular complexity index is 911. The number of nitrogens with one attached hydrogen (secondary N) is 1. The van der Waals surface area contributed by atoms with Crippen LogP contribution in [-0.4, -0.2) is 35.3 Å². The fourth-order valence-electron chi connectivity index (χ4n) is 3.79. The number of rotatable bonds is 7. The standard InChI is InChI=1S/C24H26N2O4/c1-16(17-8-4-2-5-9-17)26-15-19(14-21(26)27)24(29)30-22(18-10-6-3-7-11-18)23(28)25-20-12-13-20/h2-11,16,19-20,22H,12-15H2,1H3,(H,25,28)/t16-,19+,22-/m0/s1. The van der Waals surface area contributed by atoms with E-state index in [1.54, 1.807) is 17.0 Å². The van der Waals surface area contributed by atoms with Crippen LogP contribution in [0.5, 0.6) is 0 Å². The molecule has 1 aliphatic heterocycles. The van der Waals surface area contributed by atoms with E-state index in [0.29, 0.717) is 12.1 Å². The predicted molar refractivity (Wildman–Crippen MR) is 111 cm³/mol. The SMILES string of the molecule is C[C@@H](c1ccccc1)N1C[C@H](C(=O)O[C@H](C(=O)NC2CC2)c2ccccc2)CC1=O. The summed E-state index contributed by atoms with van der Waals surface area (Å²) in [6.45, 7) is 2.25. The van der Waals surface area contributed by atoms with Gasteiger partial charge in [0.15, 0.2) is 0 Å². The summed E-state index contributed by atoms with van der Waals surface area (Å²) in [6, 6.07) is 18.8. The molecule has 1 saturated heterocycles. The second kappa shape index (κ2) is 8.69. The van der Waals surface area contributed by atoms with E-state index in [0.717, 1.165) is 18.4 Å². The first-order valence-electron chi connectivity index (χ1n) is 10.4. The van der Waals surface area contributed by atoms with Crippen molar-refractivity contribution in [1.82, 2.24) is 10.2 Å². The molecule has 2 aliphatic rings. The van der Waals surface area contributed by atoms with Crippen LogP contribution in [0.4, 0.5) is 0 Å². The van der Waals surface area contributed by atoms with Crippen LogP contribution in [0.3, 0.4) is 0 Å². The minimum atomic E-state index is -1.00. The maximum absolute atomic E-state index is 12.9. The predicted octanol–water partition coefficient (Wildman–Crippen LogP) is 3.16. The average Bonchev–Trinajstić information content (AvgIpc) is 3.50. The molecule has 1 saturated carbocycles. The molecule has 6 heteroatoms. The molecule has 1 N–H and O–H groups in total. The molecule has 2 aromatic carbocycles. The number of amides is 2. The Balaban J connectivity index is 1.45. The van der Waals surface area contributed by atoms with E-state index in [9.17, 15) is 14.4 Å². The minimum absolute atomic E-state index is 0.0769. The molecule has 1 aliphatic carbocycles. The van der Waals surface area contributed by atoms with Crippen molar-refractivity contribution in [3.8, 4) is 0 Å². The van der Waals surface area contributed by atoms with Crippen LogP contribution in [0.1, 0.15) is 49.5 Å². The van der Waals surface area contributed by atoms with Gasteiger partial charge in [0.1, 0.15) is 0 Å². The van der Waals surface area contributed by atoms with Crippen molar-refractivity contribution in [2.24, 2.45) is 5.92 Å². The summed E-state index contributed by atoms with van der Waals surface area (Å²) in [5.41, 5.74) is 1.65. The number of nitrogens with zero attached hydrogens (tertiary/aromatic N) is 1. The zero-order chi connectivity index (χ0) is 21.1. The molecule has 0 radical (unpaired) electrons. The van der Waals surface area contributed by atoms with Crippen molar-refractivity contribution in [1.29, 1.82) is 0 Å². The van der Waals surface area contributed by atoms with E-state index in [1.165, 1.54) is 0 Å². The number of carbonyl (C=O) groups excluding carboxylic acids is 3. The van der Waals surface area contributed by atoms with Crippen LogP contribution >= 0.6 is 0 Å². The van der Waals surface area contributed by atoms with Gasteiger partial charge in [-0.3, -0.25) is 14.4 Å². The smallest absolute Gasteiger partial charge is 0.312 e. The lowest BCUT2D eigenvalue weighted by Crippen LogP contribution is -2.35. The summed E-state index contributed by atoms with van der Waals surface area (Å²) in [4.78, 5) is 39.9. The van der Waals surface area contributed by atoms with Crippen molar-refractivity contribution in [2.45, 2.75) is 44.4 Å². The van der Waals surface area contributed by atoms with Crippen molar-refractivity contribution < 1.29 is 19.1 Å². The second-order valence-corrected chi connectivity index (χ2v) is 8.04. The van der Waals surface area contributed by atoms with Gasteiger partial charge in [-0.2, -0.15) is 0 Å². The highest BCUT2D eigenvalue weighted by molar-refractivity contribution is 5.89. The Morgan fingerprint density at radius 1 is 1.00 bits per heavy atom. The van der Waals surface area contributed by atoms with Gasteiger partial charge in [0, 0.05) is 24.6 Å². The van der Waals surface area contributed by atoms with Gasteiger partial charge in [0.2, 0.25) is 12.0 Å². The first kappa shape index (κ1) is 20.1. The third kappa shape index (κ3) is 4.53. The lowest BCUT2D eigenvalue weighted by atomic mass is 10.1. The van der Waals surface area contributed by atoms with Gasteiger partial charge in [-0.25, -0.2) is 0 Å². The van der Waals surface area contributed by atoms with E-state index < -0.39 is 18.0 Å². The summed E-state index contributed by atoms with van der Waals surface area (Å²) in [7, 11) is 0. The van der Waals surface area contributed by atoms with Crippen LogP contribution in [0.15, 0.2) is 60.7 Å². The van der Waals surface area contributed by atoms with Gasteiger partial charge in [-0.1, -0.05) is 60.7 Å². The highest BCUT2D eigenvalue weighted by Crippen LogP contribution is 2.31. The number of hydrogen-bond acceptors (Lipinski definition) is 4. The van der Waals surface area contributed by atoms with Crippen LogP contribution in [-0.2, 0) is 19.1 Å². The van der Waals surface area contributed by atoms with Crippen LogP contribution < -0.4 is 5.32 Å². The molecule has 0 aromatic heterocycles. The van der Waals surface area contributed by atoms with Gasteiger partial charge in [0.25, 0.3) is 5.91 Å². The minimum Gasteiger partial charge on any atom is -0.447 e. The number of carbonyl (C=O) groups is 3. The first-order valence-corrected chi connectivity index (χ1v) is 10.4. The highest BCUT2D eigenvalue weighted by atomic mass is 16.5. The molecule has 0 spiro atoms. The lowest BCUT2D eigenvalue weighted by Gasteiger charge is -2.25. The van der Waals surface area contributed by atoms with E-state index >= 15 is 0 Å². The molecule has 0 unspecified atom stereocenters. The first-order chi connectivity index (χ1) is 14.5. The fraction of sp³-hybridized carbons (Fsp3) is 0.375. The highest BCUT2D eigenvalue weighted by Gasteiger charge is 2.40. The molecule has 30 heavy (non-hydrogen) atoms. The Morgan fingerprint density at radius 2 is 1.60 bits per heavy atom. The summed E-state index contributed by atoms with van der Waals surface area (Å²) >= 11 is 0. The van der Waals surface area contributed by atoms with Gasteiger partial charge in [-0.15, -0.1) is 0 Å². The largest absolute Gasteiger partial charge is 0.447 e. The Labute approximate surface area is 176 Å². The Kier molecular flexibility index (Phi) is 5.84. The van der Waals surface area contributed by atoms with E-state index in [2.05, 4.69) is 5.32 Å². The molecule has 2 aromatic rings. The van der Waals surface area contributed by atoms with Gasteiger partial charge in [-0.05, 0) is 25.3 Å². The molecular formula is C24H26N2O4. The van der Waals surface area contributed by atoms with E-state index in [1.807, 2.05) is 55.5 Å². The van der Waals surface area contributed by atoms with Crippen molar-refractivity contribution in [3.63, 3.8) is 0 Å². The number of hydrogen-bond donors (Lipinski definition) is 1. The number of ether oxygens (including phenoxy) is 1. The third-order valence-electron chi connectivity index (χ3n) is 5.74. The van der Waals surface area contributed by atoms with Crippen molar-refractivity contribution in [2.75, 3.05) is 6.54 Å². The maximum Gasteiger partial charge on any atom is 0.312 e. The molecule has 2 amide bonds. The number of esters is 1. The molecule has 0 bridgehead atoms. The van der Waals surface area contributed by atoms with Crippen LogP contribution in [0, 0.1) is 5.92 Å². The Morgan fingerprint density at radius 3 is 2.20 bits per heavy atom. The van der Waals surface area contributed by atoms with Crippen LogP contribution in [0.2, 0.25) is 0 Å². The number of benzene rings is 2. The maximum atomic E-state index is 12.9. The second-order valence-electron chi connectivity index (χ2n) is 8.04. The van der Waals surface area contributed by atoms with Gasteiger partial charge >= 0.3 is 5.97 Å². The summed E-state index contributed by atoms with van der Waals surface area (Å²) in [5, 5.41) is 2.91. The summed E-state index contributed by atoms with van der Waals surface area (Å²) < 4.78 is 5.66. The van der Waals surface area contributed by atoms with Crippen LogP contribution in [0.25, 0.3) is 0 Å². The lowest BCUT2D eigenvalue weighted by molar-refractivity contribution is -0.160. The van der Waals surface area contributed by atoms with Crippen molar-refractivity contribution in [3.05, 3.63) is 71.8 Å². The molecule has 6 nitrogen and oxygen atoms in total. The topological polar surface area (TPSA) is 75.7 Å². The monoisotopic (exact) mass is 406 g/mol. The average molecular weight is 406 g/mol. The summed E-state index contributed by atoms with van der Waals surface area (Å²) in [5.74, 6) is -1.47. The number of likely N-dealkylation sites (tertiary alicyclic amines) is 1. The molecule has 4 rings (SSSR count).